The molecule has 0 aromatic heterocycles. The van der Waals surface area contributed by atoms with E-state index in [2.05, 4.69) is 5.32 Å². The van der Waals surface area contributed by atoms with Crippen LogP contribution in [0.2, 0.25) is 15.1 Å². The SMILES string of the molecule is O=C(NCc1ccc(Cl)cc1Cl)[C@H](Cc1ccccc1)N(Cc1ccccc1)C(=O)COc1ccccc1Cl. The highest BCUT2D eigenvalue weighted by atomic mass is 35.5. The molecule has 4 aromatic rings. The number of halogens is 3. The van der Waals surface area contributed by atoms with Crippen LogP contribution in [0.15, 0.2) is 103 Å². The van der Waals surface area contributed by atoms with Crippen molar-refractivity contribution in [2.45, 2.75) is 25.6 Å². The van der Waals surface area contributed by atoms with E-state index in [0.717, 1.165) is 16.7 Å². The fourth-order valence-electron chi connectivity index (χ4n) is 4.08. The van der Waals surface area contributed by atoms with Gasteiger partial charge in [-0.3, -0.25) is 9.59 Å². The van der Waals surface area contributed by atoms with Crippen LogP contribution in [0.1, 0.15) is 16.7 Å². The van der Waals surface area contributed by atoms with Crippen molar-refractivity contribution in [1.29, 1.82) is 0 Å². The van der Waals surface area contributed by atoms with Crippen molar-refractivity contribution in [1.82, 2.24) is 10.2 Å². The number of ether oxygens (including phenoxy) is 1. The van der Waals surface area contributed by atoms with Crippen molar-refractivity contribution in [3.63, 3.8) is 0 Å². The quantitative estimate of drug-likeness (QED) is 0.208. The van der Waals surface area contributed by atoms with Gasteiger partial charge in [-0.05, 0) is 41.0 Å². The van der Waals surface area contributed by atoms with Gasteiger partial charge in [-0.2, -0.15) is 0 Å². The van der Waals surface area contributed by atoms with Gasteiger partial charge in [-0.15, -0.1) is 0 Å². The minimum atomic E-state index is -0.818. The van der Waals surface area contributed by atoms with Gasteiger partial charge in [0.25, 0.3) is 5.91 Å². The van der Waals surface area contributed by atoms with Crippen molar-refractivity contribution in [3.8, 4) is 5.75 Å². The fourth-order valence-corrected chi connectivity index (χ4v) is 4.75. The number of rotatable bonds is 11. The van der Waals surface area contributed by atoms with Crippen LogP contribution in [0.5, 0.6) is 5.75 Å². The topological polar surface area (TPSA) is 58.6 Å². The molecule has 0 aliphatic carbocycles. The summed E-state index contributed by atoms with van der Waals surface area (Å²) in [5.41, 5.74) is 2.52. The van der Waals surface area contributed by atoms with Gasteiger partial charge in [0.2, 0.25) is 5.91 Å². The second-order valence-corrected chi connectivity index (χ2v) is 10.1. The van der Waals surface area contributed by atoms with Crippen LogP contribution in [0, 0.1) is 0 Å². The van der Waals surface area contributed by atoms with Crippen LogP contribution in [-0.4, -0.2) is 29.4 Å². The van der Waals surface area contributed by atoms with Gasteiger partial charge in [0.05, 0.1) is 5.02 Å². The van der Waals surface area contributed by atoms with E-state index in [1.165, 1.54) is 0 Å². The molecule has 0 radical (unpaired) electrons. The lowest BCUT2D eigenvalue weighted by atomic mass is 10.0. The molecule has 0 spiro atoms. The zero-order valence-electron chi connectivity index (χ0n) is 21.0. The summed E-state index contributed by atoms with van der Waals surface area (Å²) in [4.78, 5) is 29.0. The molecule has 4 aromatic carbocycles. The summed E-state index contributed by atoms with van der Waals surface area (Å²) in [7, 11) is 0. The summed E-state index contributed by atoms with van der Waals surface area (Å²) in [6, 6.07) is 30.4. The first-order chi connectivity index (χ1) is 18.9. The lowest BCUT2D eigenvalue weighted by Crippen LogP contribution is -2.51. The van der Waals surface area contributed by atoms with Crippen LogP contribution < -0.4 is 10.1 Å². The van der Waals surface area contributed by atoms with Gasteiger partial charge in [0.15, 0.2) is 6.61 Å². The molecule has 0 fully saturated rings. The zero-order valence-corrected chi connectivity index (χ0v) is 23.3. The molecule has 0 aliphatic heterocycles. The predicted octanol–water partition coefficient (Wildman–Crippen LogP) is 6.98. The van der Waals surface area contributed by atoms with Crippen molar-refractivity contribution in [2.75, 3.05) is 6.61 Å². The first kappa shape index (κ1) is 28.5. The number of carbonyl (C=O) groups is 2. The number of para-hydroxylation sites is 1. The van der Waals surface area contributed by atoms with E-state index in [1.54, 1.807) is 47.4 Å². The molecule has 0 heterocycles. The summed E-state index contributed by atoms with van der Waals surface area (Å²) < 4.78 is 5.77. The Kier molecular flexibility index (Phi) is 10.3. The highest BCUT2D eigenvalue weighted by Gasteiger charge is 2.31. The maximum Gasteiger partial charge on any atom is 0.261 e. The molecule has 0 saturated carbocycles. The van der Waals surface area contributed by atoms with Gasteiger partial charge in [0, 0.05) is 29.6 Å². The Balaban J connectivity index is 1.61. The van der Waals surface area contributed by atoms with Gasteiger partial charge in [-0.1, -0.05) is 114 Å². The lowest BCUT2D eigenvalue weighted by Gasteiger charge is -2.31. The number of benzene rings is 4. The van der Waals surface area contributed by atoms with Crippen molar-refractivity contribution in [2.24, 2.45) is 0 Å². The van der Waals surface area contributed by atoms with Crippen LogP contribution in [-0.2, 0) is 29.1 Å². The molecular formula is C31H27Cl3N2O3. The molecule has 0 unspecified atom stereocenters. The Morgan fingerprint density at radius 3 is 2.08 bits per heavy atom. The highest BCUT2D eigenvalue weighted by Crippen LogP contribution is 2.24. The van der Waals surface area contributed by atoms with E-state index in [-0.39, 0.29) is 31.5 Å². The smallest absolute Gasteiger partial charge is 0.261 e. The Morgan fingerprint density at radius 1 is 0.769 bits per heavy atom. The molecule has 1 atom stereocenters. The van der Waals surface area contributed by atoms with Crippen LogP contribution >= 0.6 is 34.8 Å². The lowest BCUT2D eigenvalue weighted by molar-refractivity contribution is -0.142. The second kappa shape index (κ2) is 14.0. The maximum atomic E-state index is 13.7. The Labute approximate surface area is 243 Å². The summed E-state index contributed by atoms with van der Waals surface area (Å²) in [6.45, 7) is 0.125. The van der Waals surface area contributed by atoms with Gasteiger partial charge >= 0.3 is 0 Å². The van der Waals surface area contributed by atoms with E-state index in [0.29, 0.717) is 27.2 Å². The van der Waals surface area contributed by atoms with Crippen molar-refractivity contribution < 1.29 is 14.3 Å². The fraction of sp³-hybridized carbons (Fsp3) is 0.161. The van der Waals surface area contributed by atoms with E-state index in [9.17, 15) is 9.59 Å². The number of nitrogens with zero attached hydrogens (tertiary/aromatic N) is 1. The number of carbonyl (C=O) groups excluding carboxylic acids is 2. The largest absolute Gasteiger partial charge is 0.482 e. The van der Waals surface area contributed by atoms with Crippen LogP contribution in [0.4, 0.5) is 0 Å². The average Bonchev–Trinajstić information content (AvgIpc) is 2.95. The molecule has 1 N–H and O–H groups in total. The number of amides is 2. The Morgan fingerprint density at radius 2 is 1.41 bits per heavy atom. The van der Waals surface area contributed by atoms with Gasteiger partial charge in [0.1, 0.15) is 11.8 Å². The zero-order chi connectivity index (χ0) is 27.6. The Hall–Kier alpha value is -3.51. The summed E-state index contributed by atoms with van der Waals surface area (Å²) in [5, 5.41) is 4.32. The third-order valence-electron chi connectivity index (χ3n) is 6.12. The summed E-state index contributed by atoms with van der Waals surface area (Å²) in [5.74, 6) is -0.264. The van der Waals surface area contributed by atoms with Crippen molar-refractivity contribution in [3.05, 3.63) is 135 Å². The van der Waals surface area contributed by atoms with Gasteiger partial charge in [-0.25, -0.2) is 0 Å². The minimum Gasteiger partial charge on any atom is -0.482 e. The number of hydrogen-bond donors (Lipinski definition) is 1. The molecular weight excluding hydrogens is 555 g/mol. The highest BCUT2D eigenvalue weighted by molar-refractivity contribution is 6.35. The first-order valence-electron chi connectivity index (χ1n) is 12.4. The molecule has 5 nitrogen and oxygen atoms in total. The van der Waals surface area contributed by atoms with Crippen LogP contribution in [0.25, 0.3) is 0 Å². The third kappa shape index (κ3) is 8.24. The Bertz CT molecular complexity index is 1400. The van der Waals surface area contributed by atoms with E-state index in [4.69, 9.17) is 39.5 Å². The minimum absolute atomic E-state index is 0.184. The molecule has 0 saturated heterocycles. The van der Waals surface area contributed by atoms with E-state index in [1.807, 2.05) is 60.7 Å². The summed E-state index contributed by atoms with van der Waals surface area (Å²) >= 11 is 18.6. The second-order valence-electron chi connectivity index (χ2n) is 8.89. The molecule has 8 heteroatoms. The first-order valence-corrected chi connectivity index (χ1v) is 13.5. The number of nitrogens with one attached hydrogen (secondary N) is 1. The third-order valence-corrected chi connectivity index (χ3v) is 7.02. The monoisotopic (exact) mass is 580 g/mol. The average molecular weight is 582 g/mol. The molecule has 0 aliphatic rings. The standard InChI is InChI=1S/C31H27Cl3N2O3/c32-25-16-15-24(27(34)18-25)19-35-31(38)28(17-22-9-3-1-4-10-22)36(20-23-11-5-2-6-12-23)30(37)21-39-29-14-8-7-13-26(29)33/h1-16,18,28H,17,19-21H2,(H,35,38)/t28-/m0/s1. The summed E-state index contributed by atoms with van der Waals surface area (Å²) in [6.07, 6.45) is 0.311. The van der Waals surface area contributed by atoms with Crippen molar-refractivity contribution >= 4 is 46.6 Å². The molecule has 39 heavy (non-hydrogen) atoms. The predicted molar refractivity (Wildman–Crippen MR) is 156 cm³/mol. The van der Waals surface area contributed by atoms with E-state index < -0.39 is 6.04 Å². The molecule has 0 bridgehead atoms. The molecule has 4 rings (SSSR count). The van der Waals surface area contributed by atoms with Crippen LogP contribution in [0.3, 0.4) is 0 Å². The van der Waals surface area contributed by atoms with E-state index >= 15 is 0 Å². The van der Waals surface area contributed by atoms with Gasteiger partial charge < -0.3 is 15.0 Å². The number of hydrogen-bond acceptors (Lipinski definition) is 3. The normalized spacial score (nSPS) is 11.5. The molecule has 2 amide bonds. The molecule has 200 valence electrons. The maximum absolute atomic E-state index is 13.7.